The first-order valence-corrected chi connectivity index (χ1v) is 7.37. The molecular weight excluding hydrogens is 248 g/mol. The zero-order chi connectivity index (χ0) is 13.0. The number of aliphatic carboxylic acids is 1. The molecule has 1 aliphatic rings. The van der Waals surface area contributed by atoms with E-state index in [2.05, 4.69) is 0 Å². The van der Waals surface area contributed by atoms with E-state index < -0.39 is 5.97 Å². The van der Waals surface area contributed by atoms with Gasteiger partial charge in [0, 0.05) is 5.75 Å². The molecule has 0 aliphatic carbocycles. The van der Waals surface area contributed by atoms with Crippen LogP contribution in [0.25, 0.3) is 0 Å². The van der Waals surface area contributed by atoms with Gasteiger partial charge >= 0.3 is 5.97 Å². The van der Waals surface area contributed by atoms with E-state index in [1.54, 1.807) is 6.92 Å². The first kappa shape index (κ1) is 13.3. The molecular formula is C14H18O3S. The van der Waals surface area contributed by atoms with E-state index in [0.717, 1.165) is 29.2 Å². The van der Waals surface area contributed by atoms with E-state index in [-0.39, 0.29) is 12.0 Å². The van der Waals surface area contributed by atoms with E-state index in [4.69, 9.17) is 9.84 Å². The Hall–Kier alpha value is -1.16. The summed E-state index contributed by atoms with van der Waals surface area (Å²) in [6.45, 7) is 1.73. The molecule has 0 aromatic heterocycles. The Kier molecular flexibility index (Phi) is 4.53. The lowest BCUT2D eigenvalue weighted by molar-refractivity contribution is -0.141. The molecule has 18 heavy (non-hydrogen) atoms. The third-order valence-corrected chi connectivity index (χ3v) is 4.23. The van der Waals surface area contributed by atoms with E-state index in [0.29, 0.717) is 6.42 Å². The molecule has 2 atom stereocenters. The highest BCUT2D eigenvalue weighted by atomic mass is 32.2. The molecule has 1 saturated heterocycles. The zero-order valence-corrected chi connectivity index (χ0v) is 11.3. The van der Waals surface area contributed by atoms with Crippen molar-refractivity contribution in [2.24, 2.45) is 5.92 Å². The fraction of sp³-hybridized carbons (Fsp3) is 0.500. The average molecular weight is 266 g/mol. The maximum absolute atomic E-state index is 10.9. The summed E-state index contributed by atoms with van der Waals surface area (Å²) in [5.74, 6) is 1.88. The van der Waals surface area contributed by atoms with Crippen LogP contribution in [0.15, 0.2) is 24.3 Å². The summed E-state index contributed by atoms with van der Waals surface area (Å²) < 4.78 is 5.97. The van der Waals surface area contributed by atoms with Crippen molar-refractivity contribution in [1.29, 1.82) is 0 Å². The molecule has 4 heteroatoms. The van der Waals surface area contributed by atoms with Crippen LogP contribution in [-0.2, 0) is 11.2 Å². The number of hydrogen-bond acceptors (Lipinski definition) is 3. The van der Waals surface area contributed by atoms with E-state index in [1.807, 2.05) is 36.0 Å². The van der Waals surface area contributed by atoms with Crippen molar-refractivity contribution in [1.82, 2.24) is 0 Å². The normalized spacial score (nSPS) is 20.6. The van der Waals surface area contributed by atoms with Crippen LogP contribution in [-0.4, -0.2) is 28.7 Å². The minimum Gasteiger partial charge on any atom is -0.489 e. The van der Waals surface area contributed by atoms with Gasteiger partial charge in [-0.3, -0.25) is 4.79 Å². The number of hydrogen-bond donors (Lipinski definition) is 1. The predicted octanol–water partition coefficient (Wildman–Crippen LogP) is 2.83. The summed E-state index contributed by atoms with van der Waals surface area (Å²) >= 11 is 1.91. The molecule has 2 unspecified atom stereocenters. The number of carboxylic acid groups (broad SMARTS) is 1. The second-order valence-corrected chi connectivity index (χ2v) is 5.80. The fourth-order valence-corrected chi connectivity index (χ4v) is 3.08. The number of carboxylic acids is 1. The Labute approximate surface area is 112 Å². The third-order valence-electron chi connectivity index (χ3n) is 3.10. The van der Waals surface area contributed by atoms with Crippen LogP contribution in [0.2, 0.25) is 0 Å². The Morgan fingerprint density at radius 3 is 3.00 bits per heavy atom. The largest absolute Gasteiger partial charge is 0.489 e. The molecule has 3 nitrogen and oxygen atoms in total. The molecule has 1 aromatic rings. The first-order chi connectivity index (χ1) is 8.66. The summed E-state index contributed by atoms with van der Waals surface area (Å²) in [7, 11) is 0. The first-order valence-electron chi connectivity index (χ1n) is 6.22. The molecule has 98 valence electrons. The number of benzene rings is 1. The van der Waals surface area contributed by atoms with Crippen molar-refractivity contribution in [2.45, 2.75) is 25.9 Å². The lowest BCUT2D eigenvalue weighted by atomic mass is 10.0. The van der Waals surface area contributed by atoms with Crippen molar-refractivity contribution in [3.8, 4) is 5.75 Å². The molecule has 0 spiro atoms. The SMILES string of the molecule is CC(Cc1ccccc1OC1CCSC1)C(=O)O. The molecule has 1 aromatic carbocycles. The molecule has 1 fully saturated rings. The van der Waals surface area contributed by atoms with Crippen LogP contribution in [0.5, 0.6) is 5.75 Å². The number of rotatable bonds is 5. The van der Waals surface area contributed by atoms with Gasteiger partial charge in [0.25, 0.3) is 0 Å². The van der Waals surface area contributed by atoms with Crippen LogP contribution in [0.3, 0.4) is 0 Å². The molecule has 1 heterocycles. The smallest absolute Gasteiger partial charge is 0.306 e. The summed E-state index contributed by atoms with van der Waals surface area (Å²) in [5, 5.41) is 8.97. The van der Waals surface area contributed by atoms with Crippen molar-refractivity contribution >= 4 is 17.7 Å². The highest BCUT2D eigenvalue weighted by Gasteiger charge is 2.19. The van der Waals surface area contributed by atoms with Gasteiger partial charge in [0.15, 0.2) is 0 Å². The van der Waals surface area contributed by atoms with Crippen LogP contribution < -0.4 is 4.74 Å². The van der Waals surface area contributed by atoms with Gasteiger partial charge < -0.3 is 9.84 Å². The highest BCUT2D eigenvalue weighted by molar-refractivity contribution is 7.99. The number of carbonyl (C=O) groups is 1. The monoisotopic (exact) mass is 266 g/mol. The number of para-hydroxylation sites is 1. The standard InChI is InChI=1S/C14H18O3S/c1-10(14(15)16)8-11-4-2-3-5-13(11)17-12-6-7-18-9-12/h2-5,10,12H,6-9H2,1H3,(H,15,16). The number of thioether (sulfide) groups is 1. The van der Waals surface area contributed by atoms with E-state index >= 15 is 0 Å². The van der Waals surface area contributed by atoms with Gasteiger partial charge in [-0.25, -0.2) is 0 Å². The van der Waals surface area contributed by atoms with Crippen molar-refractivity contribution in [3.63, 3.8) is 0 Å². The maximum Gasteiger partial charge on any atom is 0.306 e. The third kappa shape index (κ3) is 3.42. The summed E-state index contributed by atoms with van der Waals surface area (Å²) in [6, 6.07) is 7.76. The van der Waals surface area contributed by atoms with Crippen LogP contribution >= 0.6 is 11.8 Å². The molecule has 0 radical (unpaired) electrons. The second kappa shape index (κ2) is 6.14. The summed E-state index contributed by atoms with van der Waals surface area (Å²) in [4.78, 5) is 10.9. The minimum absolute atomic E-state index is 0.274. The second-order valence-electron chi connectivity index (χ2n) is 4.65. The Morgan fingerprint density at radius 2 is 2.33 bits per heavy atom. The van der Waals surface area contributed by atoms with Gasteiger partial charge in [-0.15, -0.1) is 0 Å². The summed E-state index contributed by atoms with van der Waals surface area (Å²) in [5.41, 5.74) is 0.990. The average Bonchev–Trinajstić information content (AvgIpc) is 2.84. The maximum atomic E-state index is 10.9. The minimum atomic E-state index is -0.763. The van der Waals surface area contributed by atoms with Gasteiger partial charge in [0.1, 0.15) is 11.9 Å². The molecule has 0 saturated carbocycles. The quantitative estimate of drug-likeness (QED) is 0.890. The Balaban J connectivity index is 2.06. The lowest BCUT2D eigenvalue weighted by Gasteiger charge is -2.17. The van der Waals surface area contributed by atoms with Gasteiger partial charge in [-0.1, -0.05) is 25.1 Å². The number of ether oxygens (including phenoxy) is 1. The fourth-order valence-electron chi connectivity index (χ4n) is 1.99. The predicted molar refractivity (Wildman–Crippen MR) is 73.3 cm³/mol. The van der Waals surface area contributed by atoms with Crippen molar-refractivity contribution in [3.05, 3.63) is 29.8 Å². The van der Waals surface area contributed by atoms with E-state index in [1.165, 1.54) is 0 Å². The van der Waals surface area contributed by atoms with Crippen LogP contribution in [0, 0.1) is 5.92 Å². The van der Waals surface area contributed by atoms with Gasteiger partial charge in [-0.2, -0.15) is 11.8 Å². The van der Waals surface area contributed by atoms with Crippen LogP contribution in [0.1, 0.15) is 18.9 Å². The molecule has 1 aliphatic heterocycles. The molecule has 1 N–H and O–H groups in total. The highest BCUT2D eigenvalue weighted by Crippen LogP contribution is 2.27. The topological polar surface area (TPSA) is 46.5 Å². The van der Waals surface area contributed by atoms with Gasteiger partial charge in [-0.05, 0) is 30.2 Å². The molecule has 2 rings (SSSR count). The van der Waals surface area contributed by atoms with Gasteiger partial charge in [0.05, 0.1) is 5.92 Å². The zero-order valence-electron chi connectivity index (χ0n) is 10.5. The van der Waals surface area contributed by atoms with Crippen LogP contribution in [0.4, 0.5) is 0 Å². The van der Waals surface area contributed by atoms with Gasteiger partial charge in [0.2, 0.25) is 0 Å². The Bertz CT molecular complexity index is 413. The lowest BCUT2D eigenvalue weighted by Crippen LogP contribution is -2.17. The van der Waals surface area contributed by atoms with E-state index in [9.17, 15) is 4.79 Å². The molecule has 0 bridgehead atoms. The summed E-state index contributed by atoms with van der Waals surface area (Å²) in [6.07, 6.45) is 1.87. The Morgan fingerprint density at radius 1 is 1.56 bits per heavy atom. The van der Waals surface area contributed by atoms with Crippen molar-refractivity contribution in [2.75, 3.05) is 11.5 Å². The van der Waals surface area contributed by atoms with Crippen molar-refractivity contribution < 1.29 is 14.6 Å². The molecule has 0 amide bonds.